The monoisotopic (exact) mass is 316 g/mol. The van der Waals surface area contributed by atoms with Gasteiger partial charge in [0.15, 0.2) is 6.29 Å². The van der Waals surface area contributed by atoms with Gasteiger partial charge >= 0.3 is 0 Å². The molecular formula is C21H20N2O. The summed E-state index contributed by atoms with van der Waals surface area (Å²) in [5, 5.41) is 0. The zero-order chi connectivity index (χ0) is 16.8. The lowest BCUT2D eigenvalue weighted by atomic mass is 10.1. The number of rotatable bonds is 7. The normalized spacial score (nSPS) is 10.5. The Balaban J connectivity index is 2.03. The van der Waals surface area contributed by atoms with Gasteiger partial charge in [-0.25, -0.2) is 4.98 Å². The predicted octanol–water partition coefficient (Wildman–Crippen LogP) is 4.06. The smallest absolute Gasteiger partial charge is 0.170 e. The Bertz CT molecular complexity index is 820. The first-order chi connectivity index (χ1) is 11.8. The third-order valence-corrected chi connectivity index (χ3v) is 4.02. The van der Waals surface area contributed by atoms with Gasteiger partial charge in [0.1, 0.15) is 11.5 Å². The van der Waals surface area contributed by atoms with Crippen LogP contribution in [0.3, 0.4) is 0 Å². The third-order valence-electron chi connectivity index (χ3n) is 4.02. The summed E-state index contributed by atoms with van der Waals surface area (Å²) in [5.41, 5.74) is 3.83. The van der Waals surface area contributed by atoms with E-state index < -0.39 is 0 Å². The van der Waals surface area contributed by atoms with Crippen LogP contribution in [0.15, 0.2) is 73.3 Å². The first kappa shape index (κ1) is 15.9. The van der Waals surface area contributed by atoms with E-state index in [0.717, 1.165) is 17.8 Å². The van der Waals surface area contributed by atoms with Gasteiger partial charge in [-0.15, -0.1) is 6.58 Å². The van der Waals surface area contributed by atoms with E-state index in [1.807, 2.05) is 42.5 Å². The van der Waals surface area contributed by atoms with Gasteiger partial charge in [0, 0.05) is 19.4 Å². The molecule has 0 amide bonds. The lowest BCUT2D eigenvalue weighted by Gasteiger charge is -2.12. The summed E-state index contributed by atoms with van der Waals surface area (Å²) >= 11 is 0. The highest BCUT2D eigenvalue weighted by Gasteiger charge is 2.16. The number of nitrogens with zero attached hydrogens (tertiary/aromatic N) is 2. The van der Waals surface area contributed by atoms with Gasteiger partial charge in [0.05, 0.1) is 5.69 Å². The van der Waals surface area contributed by atoms with Gasteiger partial charge in [-0.2, -0.15) is 0 Å². The molecule has 0 unspecified atom stereocenters. The summed E-state index contributed by atoms with van der Waals surface area (Å²) in [6.45, 7) is 4.51. The maximum absolute atomic E-state index is 11.5. The largest absolute Gasteiger partial charge is 0.326 e. The number of aldehydes is 1. The van der Waals surface area contributed by atoms with Crippen LogP contribution in [0.2, 0.25) is 0 Å². The Morgan fingerprint density at radius 1 is 0.958 bits per heavy atom. The van der Waals surface area contributed by atoms with Gasteiger partial charge in [0.25, 0.3) is 0 Å². The molecule has 2 aromatic carbocycles. The molecule has 0 saturated carbocycles. The van der Waals surface area contributed by atoms with Crippen LogP contribution in [-0.4, -0.2) is 15.8 Å². The highest BCUT2D eigenvalue weighted by atomic mass is 16.1. The fraction of sp³-hybridized carbons (Fsp3) is 0.143. The summed E-state index contributed by atoms with van der Waals surface area (Å²) in [7, 11) is 0. The number of benzene rings is 2. The van der Waals surface area contributed by atoms with Gasteiger partial charge in [-0.3, -0.25) is 4.79 Å². The van der Waals surface area contributed by atoms with Crippen molar-refractivity contribution in [2.75, 3.05) is 0 Å². The average molecular weight is 316 g/mol. The molecule has 3 heteroatoms. The number of aromatic nitrogens is 2. The van der Waals surface area contributed by atoms with Crippen LogP contribution in [0, 0.1) is 0 Å². The second-order valence-corrected chi connectivity index (χ2v) is 5.70. The number of hydrogen-bond donors (Lipinski definition) is 0. The average Bonchev–Trinajstić information content (AvgIpc) is 2.94. The topological polar surface area (TPSA) is 34.9 Å². The second kappa shape index (κ2) is 7.55. The molecule has 120 valence electrons. The summed E-state index contributed by atoms with van der Waals surface area (Å²) in [6.07, 6.45) is 4.01. The first-order valence-corrected chi connectivity index (χ1v) is 8.04. The van der Waals surface area contributed by atoms with Crippen LogP contribution in [-0.2, 0) is 19.4 Å². The van der Waals surface area contributed by atoms with E-state index in [4.69, 9.17) is 0 Å². The number of carbonyl (C=O) groups is 1. The molecule has 3 rings (SSSR count). The SMILES string of the molecule is C=CCc1nc(C=O)c(Cc2ccccc2)n1Cc1ccccc1. The molecule has 24 heavy (non-hydrogen) atoms. The molecule has 0 spiro atoms. The van der Waals surface area contributed by atoms with Crippen LogP contribution in [0.5, 0.6) is 0 Å². The Morgan fingerprint density at radius 2 is 1.58 bits per heavy atom. The summed E-state index contributed by atoms with van der Waals surface area (Å²) < 4.78 is 2.15. The van der Waals surface area contributed by atoms with E-state index in [1.54, 1.807) is 0 Å². The van der Waals surface area contributed by atoms with E-state index in [9.17, 15) is 4.79 Å². The fourth-order valence-corrected chi connectivity index (χ4v) is 2.87. The Labute approximate surface area is 142 Å². The number of allylic oxidation sites excluding steroid dienone is 1. The van der Waals surface area contributed by atoms with Crippen molar-refractivity contribution in [1.29, 1.82) is 0 Å². The van der Waals surface area contributed by atoms with Crippen molar-refractivity contribution in [1.82, 2.24) is 9.55 Å². The number of hydrogen-bond acceptors (Lipinski definition) is 2. The van der Waals surface area contributed by atoms with E-state index in [0.29, 0.717) is 25.1 Å². The van der Waals surface area contributed by atoms with Crippen molar-refractivity contribution in [3.63, 3.8) is 0 Å². The number of imidazole rings is 1. The van der Waals surface area contributed by atoms with Crippen LogP contribution in [0.4, 0.5) is 0 Å². The lowest BCUT2D eigenvalue weighted by molar-refractivity contribution is 0.111. The maximum Gasteiger partial charge on any atom is 0.170 e. The van der Waals surface area contributed by atoms with Crippen LogP contribution < -0.4 is 0 Å². The van der Waals surface area contributed by atoms with Crippen LogP contribution >= 0.6 is 0 Å². The van der Waals surface area contributed by atoms with Crippen LogP contribution in [0.25, 0.3) is 0 Å². The summed E-state index contributed by atoms with van der Waals surface area (Å²) in [5.74, 6) is 0.877. The fourth-order valence-electron chi connectivity index (χ4n) is 2.87. The molecule has 0 aliphatic rings. The molecule has 3 nitrogen and oxygen atoms in total. The predicted molar refractivity (Wildman–Crippen MR) is 96.3 cm³/mol. The zero-order valence-electron chi connectivity index (χ0n) is 13.6. The van der Waals surface area contributed by atoms with Gasteiger partial charge in [-0.1, -0.05) is 66.7 Å². The first-order valence-electron chi connectivity index (χ1n) is 8.04. The van der Waals surface area contributed by atoms with Crippen LogP contribution in [0.1, 0.15) is 33.1 Å². The highest BCUT2D eigenvalue weighted by molar-refractivity contribution is 5.74. The van der Waals surface area contributed by atoms with Crippen molar-refractivity contribution in [2.45, 2.75) is 19.4 Å². The van der Waals surface area contributed by atoms with Crippen molar-refractivity contribution in [3.8, 4) is 0 Å². The van der Waals surface area contributed by atoms with Gasteiger partial charge in [0.2, 0.25) is 0 Å². The maximum atomic E-state index is 11.5. The molecule has 0 fully saturated rings. The Kier molecular flexibility index (Phi) is 5.02. The molecule has 3 aromatic rings. The van der Waals surface area contributed by atoms with Gasteiger partial charge < -0.3 is 4.57 Å². The molecule has 1 aromatic heterocycles. The molecule has 0 N–H and O–H groups in total. The molecular weight excluding hydrogens is 296 g/mol. The number of carbonyl (C=O) groups excluding carboxylic acids is 1. The molecule has 0 saturated heterocycles. The minimum atomic E-state index is 0.520. The van der Waals surface area contributed by atoms with Crippen molar-refractivity contribution in [2.24, 2.45) is 0 Å². The van der Waals surface area contributed by atoms with Crippen molar-refractivity contribution < 1.29 is 4.79 Å². The quantitative estimate of drug-likeness (QED) is 0.486. The van der Waals surface area contributed by atoms with E-state index in [1.165, 1.54) is 11.1 Å². The minimum absolute atomic E-state index is 0.520. The molecule has 0 aliphatic heterocycles. The summed E-state index contributed by atoms with van der Waals surface area (Å²) in [6, 6.07) is 20.4. The molecule has 0 aliphatic carbocycles. The second-order valence-electron chi connectivity index (χ2n) is 5.70. The zero-order valence-corrected chi connectivity index (χ0v) is 13.6. The van der Waals surface area contributed by atoms with E-state index >= 15 is 0 Å². The Hall–Kier alpha value is -2.94. The van der Waals surface area contributed by atoms with E-state index in [2.05, 4.69) is 40.4 Å². The van der Waals surface area contributed by atoms with Crippen molar-refractivity contribution in [3.05, 3.63) is 102 Å². The third kappa shape index (κ3) is 3.51. The lowest BCUT2D eigenvalue weighted by Crippen LogP contribution is -2.09. The standard InChI is InChI=1S/C21H20N2O/c1-2-9-21-22-19(16-24)20(14-17-10-5-3-6-11-17)23(21)15-18-12-7-4-8-13-18/h2-8,10-13,16H,1,9,14-15H2. The summed E-state index contributed by atoms with van der Waals surface area (Å²) in [4.78, 5) is 16.1. The minimum Gasteiger partial charge on any atom is -0.326 e. The van der Waals surface area contributed by atoms with Gasteiger partial charge in [-0.05, 0) is 11.1 Å². The molecule has 0 radical (unpaired) electrons. The molecule has 1 heterocycles. The van der Waals surface area contributed by atoms with Crippen molar-refractivity contribution >= 4 is 6.29 Å². The molecule has 0 atom stereocenters. The molecule has 0 bridgehead atoms. The Morgan fingerprint density at radius 3 is 2.17 bits per heavy atom. The van der Waals surface area contributed by atoms with E-state index in [-0.39, 0.29) is 0 Å². The highest BCUT2D eigenvalue weighted by Crippen LogP contribution is 2.18.